The Morgan fingerprint density at radius 1 is 1.11 bits per heavy atom. The SMILES string of the molecule is CCCC[CH](CCCC)[Sn]([CH2]CC)[c]1nc(C)cs1. The molecular formula is C16H30NSSn. The monoisotopic (exact) mass is 388 g/mol. The van der Waals surface area contributed by atoms with Gasteiger partial charge in [0.15, 0.2) is 0 Å². The molecule has 0 spiro atoms. The molecule has 3 heteroatoms. The van der Waals surface area contributed by atoms with Crippen LogP contribution in [0.25, 0.3) is 0 Å². The number of aryl methyl sites for hydroxylation is 1. The maximum absolute atomic E-state index is 4.87. The zero-order valence-corrected chi connectivity index (χ0v) is 16.8. The van der Waals surface area contributed by atoms with E-state index in [9.17, 15) is 0 Å². The van der Waals surface area contributed by atoms with Gasteiger partial charge in [-0.3, -0.25) is 0 Å². The third kappa shape index (κ3) is 6.15. The molecule has 0 fully saturated rings. The normalized spacial score (nSPS) is 11.7. The Bertz CT molecular complexity index is 329. The van der Waals surface area contributed by atoms with Crippen molar-refractivity contribution in [2.45, 2.75) is 81.0 Å². The van der Waals surface area contributed by atoms with Crippen LogP contribution in [0.5, 0.6) is 0 Å². The molecule has 1 nitrogen and oxygen atoms in total. The second-order valence-corrected chi connectivity index (χ2v) is 15.6. The summed E-state index contributed by atoms with van der Waals surface area (Å²) < 4.78 is 4.15. The van der Waals surface area contributed by atoms with Crippen molar-refractivity contribution in [1.29, 1.82) is 0 Å². The predicted molar refractivity (Wildman–Crippen MR) is 90.1 cm³/mol. The molecule has 1 rings (SSSR count). The number of unbranched alkanes of at least 4 members (excludes halogenated alkanes) is 2. The minimum absolute atomic E-state index is 1.05. The van der Waals surface area contributed by atoms with Crippen molar-refractivity contribution >= 4 is 34.1 Å². The van der Waals surface area contributed by atoms with Crippen LogP contribution in [0.1, 0.15) is 71.4 Å². The van der Waals surface area contributed by atoms with Gasteiger partial charge in [-0.25, -0.2) is 0 Å². The van der Waals surface area contributed by atoms with Crippen molar-refractivity contribution in [3.63, 3.8) is 0 Å². The Kier molecular flexibility index (Phi) is 9.38. The van der Waals surface area contributed by atoms with Crippen molar-refractivity contribution in [1.82, 2.24) is 4.98 Å². The summed E-state index contributed by atoms with van der Waals surface area (Å²) in [5, 5.41) is 2.27. The molecular weight excluding hydrogens is 357 g/mol. The molecule has 0 saturated carbocycles. The van der Waals surface area contributed by atoms with Gasteiger partial charge in [-0.1, -0.05) is 0 Å². The van der Waals surface area contributed by atoms with Crippen LogP contribution in [-0.2, 0) is 0 Å². The molecule has 1 radical (unpaired) electrons. The zero-order chi connectivity index (χ0) is 14.1. The number of hydrogen-bond donors (Lipinski definition) is 0. The van der Waals surface area contributed by atoms with E-state index in [2.05, 4.69) is 33.1 Å². The first-order valence-electron chi connectivity index (χ1n) is 8.01. The Morgan fingerprint density at radius 3 is 2.16 bits per heavy atom. The van der Waals surface area contributed by atoms with E-state index >= 15 is 0 Å². The molecule has 0 amide bonds. The van der Waals surface area contributed by atoms with Crippen LogP contribution in [0.2, 0.25) is 8.37 Å². The van der Waals surface area contributed by atoms with Crippen LogP contribution in [0, 0.1) is 6.92 Å². The predicted octanol–water partition coefficient (Wildman–Crippen LogP) is 5.31. The first-order chi connectivity index (χ1) is 9.22. The van der Waals surface area contributed by atoms with E-state index in [-0.39, 0.29) is 0 Å². The van der Waals surface area contributed by atoms with Gasteiger partial charge in [0.05, 0.1) is 0 Å². The van der Waals surface area contributed by atoms with Gasteiger partial charge in [0, 0.05) is 0 Å². The van der Waals surface area contributed by atoms with Gasteiger partial charge in [-0.2, -0.15) is 0 Å². The fraction of sp³-hybridized carbons (Fsp3) is 0.812. The van der Waals surface area contributed by atoms with E-state index in [0.717, 1.165) is 3.93 Å². The standard InChI is InChI=1S/C9H19.C4H4NS.C3H7.Sn/c1-3-5-7-9-8-6-4-2;1-4-2-6-3-5-4;1-3-2;/h9H,3-8H2,1-2H3;2H,1H3;1,3H2,2H3;. The molecule has 0 bridgehead atoms. The van der Waals surface area contributed by atoms with Crippen molar-refractivity contribution in [2.24, 2.45) is 0 Å². The number of hydrogen-bond acceptors (Lipinski definition) is 2. The van der Waals surface area contributed by atoms with Crippen LogP contribution in [-0.4, -0.2) is 24.7 Å². The molecule has 0 unspecified atom stereocenters. The number of nitrogens with zero attached hydrogens (tertiary/aromatic N) is 1. The van der Waals surface area contributed by atoms with Gasteiger partial charge >= 0.3 is 131 Å². The fourth-order valence-electron chi connectivity index (χ4n) is 2.65. The van der Waals surface area contributed by atoms with E-state index in [1.807, 2.05) is 11.3 Å². The summed E-state index contributed by atoms with van der Waals surface area (Å²) in [6.07, 6.45) is 9.86. The summed E-state index contributed by atoms with van der Waals surface area (Å²) >= 11 is 0.481. The fourth-order valence-corrected chi connectivity index (χ4v) is 15.3. The van der Waals surface area contributed by atoms with E-state index < -0.39 is 19.8 Å². The van der Waals surface area contributed by atoms with Gasteiger partial charge in [0.25, 0.3) is 0 Å². The van der Waals surface area contributed by atoms with Gasteiger partial charge in [0.1, 0.15) is 0 Å². The van der Waals surface area contributed by atoms with Gasteiger partial charge in [-0.05, 0) is 0 Å². The molecule has 1 heterocycles. The second kappa shape index (κ2) is 10.2. The van der Waals surface area contributed by atoms with Crippen LogP contribution in [0.3, 0.4) is 0 Å². The van der Waals surface area contributed by atoms with Gasteiger partial charge in [-0.15, -0.1) is 0 Å². The average molecular weight is 387 g/mol. The molecule has 1 aromatic heterocycles. The first kappa shape index (κ1) is 17.5. The average Bonchev–Trinajstić information content (AvgIpc) is 2.83. The quantitative estimate of drug-likeness (QED) is 0.496. The van der Waals surface area contributed by atoms with Crippen molar-refractivity contribution < 1.29 is 0 Å². The molecule has 0 aromatic carbocycles. The van der Waals surface area contributed by atoms with E-state index in [1.165, 1.54) is 55.1 Å². The first-order valence-corrected chi connectivity index (χ1v) is 14.0. The molecule has 0 N–H and O–H groups in total. The molecule has 0 aliphatic heterocycles. The Morgan fingerprint density at radius 2 is 1.74 bits per heavy atom. The van der Waals surface area contributed by atoms with E-state index in [1.54, 1.807) is 3.02 Å². The van der Waals surface area contributed by atoms with Gasteiger partial charge < -0.3 is 0 Å². The van der Waals surface area contributed by atoms with Crippen LogP contribution >= 0.6 is 11.3 Å². The van der Waals surface area contributed by atoms with Crippen LogP contribution in [0.15, 0.2) is 5.38 Å². The molecule has 0 aliphatic rings. The Hall–Kier alpha value is 0.429. The molecule has 19 heavy (non-hydrogen) atoms. The maximum atomic E-state index is 4.87. The number of rotatable bonds is 10. The summed E-state index contributed by atoms with van der Waals surface area (Å²) in [7, 11) is 0. The Balaban J connectivity index is 2.77. The molecule has 0 atom stereocenters. The molecule has 0 aliphatic carbocycles. The van der Waals surface area contributed by atoms with E-state index in [0.29, 0.717) is 0 Å². The van der Waals surface area contributed by atoms with Crippen LogP contribution < -0.4 is 3.02 Å². The summed E-state index contributed by atoms with van der Waals surface area (Å²) in [5.74, 6) is 0. The number of aromatic nitrogens is 1. The zero-order valence-electron chi connectivity index (χ0n) is 13.2. The second-order valence-electron chi connectivity index (χ2n) is 5.55. The van der Waals surface area contributed by atoms with Crippen molar-refractivity contribution in [3.8, 4) is 0 Å². The molecule has 1 aromatic rings. The van der Waals surface area contributed by atoms with Crippen molar-refractivity contribution in [2.75, 3.05) is 0 Å². The van der Waals surface area contributed by atoms with E-state index in [4.69, 9.17) is 4.98 Å². The molecule has 109 valence electrons. The summed E-state index contributed by atoms with van der Waals surface area (Å²) in [5.41, 5.74) is 1.25. The molecule has 0 saturated heterocycles. The third-order valence-electron chi connectivity index (χ3n) is 3.72. The Labute approximate surface area is 131 Å². The summed E-state index contributed by atoms with van der Waals surface area (Å²) in [6.45, 7) is 9.16. The third-order valence-corrected chi connectivity index (χ3v) is 16.6. The van der Waals surface area contributed by atoms with Gasteiger partial charge in [0.2, 0.25) is 0 Å². The number of thiazole rings is 1. The summed E-state index contributed by atoms with van der Waals surface area (Å²) in [4.78, 5) is 4.87. The summed E-state index contributed by atoms with van der Waals surface area (Å²) in [6, 6.07) is 0. The van der Waals surface area contributed by atoms with Crippen molar-refractivity contribution in [3.05, 3.63) is 11.1 Å². The van der Waals surface area contributed by atoms with Crippen LogP contribution in [0.4, 0.5) is 0 Å². The minimum atomic E-state index is -1.49. The topological polar surface area (TPSA) is 12.9 Å².